The molecule has 0 bridgehead atoms. The van der Waals surface area contributed by atoms with Gasteiger partial charge in [0.1, 0.15) is 0 Å². The fourth-order valence-corrected chi connectivity index (χ4v) is 2.80. The highest BCUT2D eigenvalue weighted by Gasteiger charge is 2.32. The summed E-state index contributed by atoms with van der Waals surface area (Å²) in [5.41, 5.74) is -0.876. The Morgan fingerprint density at radius 1 is 1.43 bits per heavy atom. The Morgan fingerprint density at radius 3 is 2.57 bits per heavy atom. The zero-order valence-corrected chi connectivity index (χ0v) is 14.5. The van der Waals surface area contributed by atoms with Crippen LogP contribution in [0, 0.1) is 0 Å². The van der Waals surface area contributed by atoms with Crippen LogP contribution >= 0.6 is 31.9 Å². The molecule has 118 valence electrons. The van der Waals surface area contributed by atoms with Crippen molar-refractivity contribution in [2.45, 2.75) is 11.0 Å². The van der Waals surface area contributed by atoms with Gasteiger partial charge in [0.25, 0.3) is 5.91 Å². The second-order valence-corrected chi connectivity index (χ2v) is 6.58. The van der Waals surface area contributed by atoms with E-state index in [0.29, 0.717) is 17.6 Å². The second-order valence-electron chi connectivity index (χ2n) is 4.43. The highest BCUT2D eigenvalue weighted by molar-refractivity contribution is 9.10. The van der Waals surface area contributed by atoms with Crippen molar-refractivity contribution in [2.75, 3.05) is 27.3 Å². The Hall–Kier alpha value is -0.600. The molecule has 0 aliphatic rings. The molecule has 1 aromatic carbocycles. The van der Waals surface area contributed by atoms with Gasteiger partial charge in [-0.15, -0.1) is 0 Å². The fraction of sp³-hybridized carbons (Fsp3) is 0.462. The smallest absolute Gasteiger partial charge is 0.383 e. The van der Waals surface area contributed by atoms with E-state index in [1.165, 1.54) is 25.1 Å². The van der Waals surface area contributed by atoms with E-state index in [0.717, 1.165) is 12.1 Å². The van der Waals surface area contributed by atoms with Gasteiger partial charge in [-0.05, 0) is 34.1 Å². The number of alkyl halides is 4. The molecule has 0 radical (unpaired) electrons. The molecule has 0 aromatic heterocycles. The average molecular weight is 433 g/mol. The minimum atomic E-state index is -4.48. The number of halogens is 5. The van der Waals surface area contributed by atoms with Crippen LogP contribution in [0.25, 0.3) is 0 Å². The first kappa shape index (κ1) is 18.4. The lowest BCUT2D eigenvalue weighted by molar-refractivity contribution is -0.137. The molecule has 0 heterocycles. The molecule has 0 N–H and O–H groups in total. The van der Waals surface area contributed by atoms with E-state index in [4.69, 9.17) is 4.74 Å². The van der Waals surface area contributed by atoms with E-state index in [1.807, 2.05) is 0 Å². The van der Waals surface area contributed by atoms with E-state index < -0.39 is 17.6 Å². The third kappa shape index (κ3) is 5.27. The standard InChI is InChI=1S/C13H14Br2F3NO2/c1-19(6-9(14)7-21-2)12(20)10-5-8(13(16,17)18)3-4-11(10)15/h3-5,9H,6-7H2,1-2H3. The first-order chi connectivity index (χ1) is 9.66. The largest absolute Gasteiger partial charge is 0.416 e. The second kappa shape index (κ2) is 7.60. The Balaban J connectivity index is 2.96. The predicted molar refractivity (Wildman–Crippen MR) is 80.7 cm³/mol. The molecule has 1 unspecified atom stereocenters. The summed E-state index contributed by atoms with van der Waals surface area (Å²) < 4.78 is 43.4. The van der Waals surface area contributed by atoms with E-state index >= 15 is 0 Å². The van der Waals surface area contributed by atoms with Gasteiger partial charge in [0.05, 0.1) is 22.6 Å². The Morgan fingerprint density at radius 2 is 2.05 bits per heavy atom. The number of carbonyl (C=O) groups excluding carboxylic acids is 1. The van der Waals surface area contributed by atoms with Crippen LogP contribution in [0.2, 0.25) is 0 Å². The summed E-state index contributed by atoms with van der Waals surface area (Å²) in [5.74, 6) is -0.492. The number of benzene rings is 1. The molecule has 1 rings (SSSR count). The van der Waals surface area contributed by atoms with E-state index in [-0.39, 0.29) is 10.4 Å². The SMILES string of the molecule is COCC(Br)CN(C)C(=O)c1cc(C(F)(F)F)ccc1Br. The normalized spacial score (nSPS) is 13.1. The van der Waals surface area contributed by atoms with Crippen molar-refractivity contribution in [3.05, 3.63) is 33.8 Å². The lowest BCUT2D eigenvalue weighted by atomic mass is 10.1. The topological polar surface area (TPSA) is 29.5 Å². The van der Waals surface area contributed by atoms with Crippen molar-refractivity contribution >= 4 is 37.8 Å². The molecular weight excluding hydrogens is 419 g/mol. The molecule has 0 fully saturated rings. The number of rotatable bonds is 5. The molecule has 0 saturated carbocycles. The monoisotopic (exact) mass is 431 g/mol. The van der Waals surface area contributed by atoms with Crippen LogP contribution < -0.4 is 0 Å². The molecule has 8 heteroatoms. The number of ether oxygens (including phenoxy) is 1. The predicted octanol–water partition coefficient (Wildman–Crippen LogP) is 3.95. The van der Waals surface area contributed by atoms with Crippen molar-refractivity contribution in [1.29, 1.82) is 0 Å². The molecule has 0 saturated heterocycles. The minimum absolute atomic E-state index is 0.0237. The molecule has 21 heavy (non-hydrogen) atoms. The van der Waals surface area contributed by atoms with Crippen molar-refractivity contribution in [2.24, 2.45) is 0 Å². The maximum absolute atomic E-state index is 12.7. The number of methoxy groups -OCH3 is 1. The highest BCUT2D eigenvalue weighted by atomic mass is 79.9. The van der Waals surface area contributed by atoms with Gasteiger partial charge in [0.2, 0.25) is 0 Å². The number of nitrogens with zero attached hydrogens (tertiary/aromatic N) is 1. The van der Waals surface area contributed by atoms with E-state index in [1.54, 1.807) is 0 Å². The molecule has 0 aliphatic heterocycles. The van der Waals surface area contributed by atoms with Crippen LogP contribution in [0.15, 0.2) is 22.7 Å². The molecule has 3 nitrogen and oxygen atoms in total. The summed E-state index contributed by atoms with van der Waals surface area (Å²) in [6, 6.07) is 3.01. The fourth-order valence-electron chi connectivity index (χ4n) is 1.68. The van der Waals surface area contributed by atoms with Crippen LogP contribution in [0.3, 0.4) is 0 Å². The van der Waals surface area contributed by atoms with Gasteiger partial charge >= 0.3 is 6.18 Å². The summed E-state index contributed by atoms with van der Waals surface area (Å²) in [5, 5.41) is 0. The van der Waals surface area contributed by atoms with Gasteiger partial charge in [0, 0.05) is 25.2 Å². The summed E-state index contributed by atoms with van der Waals surface area (Å²) in [4.78, 5) is 13.5. The highest BCUT2D eigenvalue weighted by Crippen LogP contribution is 2.32. The summed E-state index contributed by atoms with van der Waals surface area (Å²) in [6.07, 6.45) is -4.48. The molecule has 0 aliphatic carbocycles. The lowest BCUT2D eigenvalue weighted by Gasteiger charge is -2.21. The summed E-state index contributed by atoms with van der Waals surface area (Å²) >= 11 is 6.45. The van der Waals surface area contributed by atoms with Crippen LogP contribution in [0.1, 0.15) is 15.9 Å². The third-order valence-electron chi connectivity index (χ3n) is 2.69. The Labute approximate surface area is 137 Å². The van der Waals surface area contributed by atoms with Gasteiger partial charge < -0.3 is 9.64 Å². The maximum atomic E-state index is 12.7. The summed E-state index contributed by atoms with van der Waals surface area (Å²) in [6.45, 7) is 0.705. The molecule has 1 amide bonds. The Bertz CT molecular complexity index is 509. The quantitative estimate of drug-likeness (QED) is 0.659. The third-order valence-corrected chi connectivity index (χ3v) is 3.94. The van der Waals surface area contributed by atoms with Crippen LogP contribution in [-0.2, 0) is 10.9 Å². The van der Waals surface area contributed by atoms with Gasteiger partial charge in [-0.3, -0.25) is 4.79 Å². The van der Waals surface area contributed by atoms with Crippen LogP contribution in [-0.4, -0.2) is 42.9 Å². The van der Waals surface area contributed by atoms with Crippen molar-refractivity contribution in [3.63, 3.8) is 0 Å². The Kier molecular flexibility index (Phi) is 6.68. The van der Waals surface area contributed by atoms with Crippen LogP contribution in [0.4, 0.5) is 13.2 Å². The van der Waals surface area contributed by atoms with Crippen molar-refractivity contribution in [1.82, 2.24) is 4.90 Å². The average Bonchev–Trinajstić information content (AvgIpc) is 2.37. The number of amides is 1. The zero-order chi connectivity index (χ0) is 16.2. The maximum Gasteiger partial charge on any atom is 0.416 e. The molecule has 0 spiro atoms. The first-order valence-electron chi connectivity index (χ1n) is 5.92. The first-order valence-corrected chi connectivity index (χ1v) is 7.63. The molecule has 1 atom stereocenters. The molecular formula is C13H14Br2F3NO2. The molecule has 1 aromatic rings. The van der Waals surface area contributed by atoms with E-state index in [2.05, 4.69) is 31.9 Å². The zero-order valence-electron chi connectivity index (χ0n) is 11.4. The van der Waals surface area contributed by atoms with Crippen molar-refractivity contribution < 1.29 is 22.7 Å². The number of hydrogen-bond donors (Lipinski definition) is 0. The van der Waals surface area contributed by atoms with Gasteiger partial charge in [-0.2, -0.15) is 13.2 Å². The van der Waals surface area contributed by atoms with Gasteiger partial charge in [0.15, 0.2) is 0 Å². The van der Waals surface area contributed by atoms with Crippen molar-refractivity contribution in [3.8, 4) is 0 Å². The summed E-state index contributed by atoms with van der Waals surface area (Å²) in [7, 11) is 3.05. The van der Waals surface area contributed by atoms with Gasteiger partial charge in [-0.25, -0.2) is 0 Å². The van der Waals surface area contributed by atoms with E-state index in [9.17, 15) is 18.0 Å². The number of hydrogen-bond acceptors (Lipinski definition) is 2. The van der Waals surface area contributed by atoms with Crippen LogP contribution in [0.5, 0.6) is 0 Å². The number of carbonyl (C=O) groups is 1. The minimum Gasteiger partial charge on any atom is -0.383 e. The van der Waals surface area contributed by atoms with Gasteiger partial charge in [-0.1, -0.05) is 15.9 Å². The lowest BCUT2D eigenvalue weighted by Crippen LogP contribution is -2.34.